The molecule has 150 valence electrons. The molecule has 0 radical (unpaired) electrons. The van der Waals surface area contributed by atoms with Crippen molar-refractivity contribution < 1.29 is 9.72 Å². The van der Waals surface area contributed by atoms with Crippen LogP contribution in [0.1, 0.15) is 20.8 Å². The van der Waals surface area contributed by atoms with E-state index in [1.165, 1.54) is 18.2 Å². The summed E-state index contributed by atoms with van der Waals surface area (Å²) in [5.74, 6) is -0.0421. The molecule has 0 aliphatic heterocycles. The quantitative estimate of drug-likeness (QED) is 0.364. The number of aryl methyl sites for hydroxylation is 1. The fourth-order valence-electron chi connectivity index (χ4n) is 2.90. The molecule has 0 aliphatic rings. The Hall–Kier alpha value is -3.85. The van der Waals surface area contributed by atoms with Crippen molar-refractivity contribution in [2.45, 2.75) is 13.5 Å². The van der Waals surface area contributed by atoms with Crippen molar-refractivity contribution in [3.63, 3.8) is 0 Å². The summed E-state index contributed by atoms with van der Waals surface area (Å²) >= 11 is 1.57. The number of hydrogen-bond acceptors (Lipinski definition) is 7. The van der Waals surface area contributed by atoms with Gasteiger partial charge in [-0.25, -0.2) is 0 Å². The van der Waals surface area contributed by atoms with E-state index in [0.717, 1.165) is 20.7 Å². The summed E-state index contributed by atoms with van der Waals surface area (Å²) < 4.78 is 1.09. The van der Waals surface area contributed by atoms with Gasteiger partial charge in [-0.3, -0.25) is 14.9 Å². The molecule has 9 heteroatoms. The average Bonchev–Trinajstić information content (AvgIpc) is 3.42. The van der Waals surface area contributed by atoms with Crippen LogP contribution in [-0.2, 0) is 6.54 Å². The number of aromatic nitrogens is 3. The Labute approximate surface area is 176 Å². The van der Waals surface area contributed by atoms with Gasteiger partial charge in [-0.1, -0.05) is 48.0 Å². The van der Waals surface area contributed by atoms with Gasteiger partial charge in [0.2, 0.25) is 5.95 Å². The minimum atomic E-state index is -0.623. The minimum absolute atomic E-state index is 0.0537. The van der Waals surface area contributed by atoms with E-state index in [0.29, 0.717) is 12.4 Å². The van der Waals surface area contributed by atoms with Crippen LogP contribution in [0.4, 0.5) is 11.6 Å². The number of anilines is 1. The lowest BCUT2D eigenvalue weighted by atomic mass is 10.1. The van der Waals surface area contributed by atoms with Gasteiger partial charge in [0.05, 0.1) is 11.5 Å². The summed E-state index contributed by atoms with van der Waals surface area (Å²) in [6.45, 7) is 2.43. The van der Waals surface area contributed by atoms with Gasteiger partial charge < -0.3 is 5.32 Å². The zero-order valence-electron chi connectivity index (χ0n) is 16.0. The highest BCUT2D eigenvalue weighted by molar-refractivity contribution is 7.09. The highest BCUT2D eigenvalue weighted by atomic mass is 32.1. The monoisotopic (exact) mass is 419 g/mol. The third-order valence-corrected chi connectivity index (χ3v) is 5.32. The van der Waals surface area contributed by atoms with Crippen molar-refractivity contribution in [1.29, 1.82) is 0 Å². The van der Waals surface area contributed by atoms with Crippen molar-refractivity contribution >= 4 is 28.9 Å². The van der Waals surface area contributed by atoms with Gasteiger partial charge in [0.15, 0.2) is 5.82 Å². The molecule has 4 rings (SSSR count). The maximum Gasteiger partial charge on any atom is 0.288 e. The molecule has 2 aromatic carbocycles. The Kier molecular flexibility index (Phi) is 5.36. The van der Waals surface area contributed by atoms with Crippen LogP contribution in [-0.4, -0.2) is 25.6 Å². The van der Waals surface area contributed by atoms with Crippen LogP contribution in [0.15, 0.2) is 66.0 Å². The Morgan fingerprint density at radius 3 is 2.60 bits per heavy atom. The number of rotatable bonds is 6. The van der Waals surface area contributed by atoms with Crippen LogP contribution in [0, 0.1) is 17.0 Å². The molecule has 0 unspecified atom stereocenters. The van der Waals surface area contributed by atoms with Gasteiger partial charge in [0.1, 0.15) is 5.56 Å². The second-order valence-electron chi connectivity index (χ2n) is 6.55. The molecule has 0 atom stereocenters. The Bertz CT molecular complexity index is 1200. The molecule has 2 heterocycles. The van der Waals surface area contributed by atoms with E-state index in [4.69, 9.17) is 0 Å². The molecule has 0 saturated carbocycles. The summed E-state index contributed by atoms with van der Waals surface area (Å²) in [6, 6.07) is 17.3. The van der Waals surface area contributed by atoms with Gasteiger partial charge in [0.25, 0.3) is 11.6 Å². The molecule has 2 aromatic heterocycles. The van der Waals surface area contributed by atoms with Crippen LogP contribution >= 0.6 is 11.3 Å². The van der Waals surface area contributed by atoms with E-state index >= 15 is 0 Å². The average molecular weight is 419 g/mol. The van der Waals surface area contributed by atoms with E-state index in [1.807, 2.05) is 48.7 Å². The van der Waals surface area contributed by atoms with Gasteiger partial charge >= 0.3 is 0 Å². The summed E-state index contributed by atoms with van der Waals surface area (Å²) in [4.78, 5) is 29.5. The maximum absolute atomic E-state index is 13.2. The number of thiophene rings is 1. The van der Waals surface area contributed by atoms with Crippen molar-refractivity contribution in [2.24, 2.45) is 0 Å². The largest absolute Gasteiger partial charge is 0.349 e. The number of nitrogens with one attached hydrogen (secondary N) is 1. The Balaban J connectivity index is 1.75. The summed E-state index contributed by atoms with van der Waals surface area (Å²) in [5.41, 5.74) is 1.50. The van der Waals surface area contributed by atoms with Crippen molar-refractivity contribution in [3.05, 3.63) is 92.2 Å². The number of nitro benzene ring substituents is 1. The van der Waals surface area contributed by atoms with E-state index in [-0.39, 0.29) is 17.2 Å². The molecule has 1 N–H and O–H groups in total. The van der Waals surface area contributed by atoms with E-state index in [2.05, 4.69) is 15.4 Å². The van der Waals surface area contributed by atoms with Gasteiger partial charge in [-0.05, 0) is 24.4 Å². The molecule has 0 fully saturated rings. The van der Waals surface area contributed by atoms with Crippen LogP contribution < -0.4 is 5.32 Å². The first-order valence-corrected chi connectivity index (χ1v) is 9.99. The summed E-state index contributed by atoms with van der Waals surface area (Å²) in [5, 5.41) is 20.8. The second-order valence-corrected chi connectivity index (χ2v) is 7.58. The number of carbonyl (C=O) groups excluding carboxylic acids is 1. The number of carbonyl (C=O) groups is 1. The predicted octanol–water partition coefficient (Wildman–Crippen LogP) is 4.52. The lowest BCUT2D eigenvalue weighted by Gasteiger charge is -2.06. The van der Waals surface area contributed by atoms with Crippen LogP contribution in [0.5, 0.6) is 0 Å². The third kappa shape index (κ3) is 3.96. The standard InChI is InChI=1S/C21H17N5O3S/c1-14-8-10-15(11-9-14)19-23-21(22-13-16-5-4-12-30-16)25(24-19)20(27)17-6-2-3-7-18(17)26(28)29/h2-12H,13H2,1H3,(H,22,23,24). The second kappa shape index (κ2) is 8.26. The molecular formula is C21H17N5O3S. The highest BCUT2D eigenvalue weighted by Gasteiger charge is 2.25. The molecule has 30 heavy (non-hydrogen) atoms. The topological polar surface area (TPSA) is 103 Å². The molecule has 0 amide bonds. The summed E-state index contributed by atoms with van der Waals surface area (Å²) in [6.07, 6.45) is 0. The number of nitro groups is 1. The molecule has 0 saturated heterocycles. The van der Waals surface area contributed by atoms with E-state index in [9.17, 15) is 14.9 Å². The first kappa shape index (κ1) is 19.5. The SMILES string of the molecule is Cc1ccc(-c2nc(NCc3cccs3)n(C(=O)c3ccccc3[N+](=O)[O-])n2)cc1. The van der Waals surface area contributed by atoms with Crippen molar-refractivity contribution in [3.8, 4) is 11.4 Å². The third-order valence-electron chi connectivity index (χ3n) is 4.44. The van der Waals surface area contributed by atoms with Crippen LogP contribution in [0.2, 0.25) is 0 Å². The molecule has 4 aromatic rings. The number of benzene rings is 2. The first-order chi connectivity index (χ1) is 14.5. The molecule has 0 bridgehead atoms. The lowest BCUT2D eigenvalue weighted by molar-refractivity contribution is -0.385. The predicted molar refractivity (Wildman–Crippen MR) is 115 cm³/mol. The summed E-state index contributed by atoms with van der Waals surface area (Å²) in [7, 11) is 0. The molecule has 0 aliphatic carbocycles. The Morgan fingerprint density at radius 2 is 1.90 bits per heavy atom. The highest BCUT2D eigenvalue weighted by Crippen LogP contribution is 2.23. The Morgan fingerprint density at radius 1 is 1.13 bits per heavy atom. The van der Waals surface area contributed by atoms with Crippen LogP contribution in [0.25, 0.3) is 11.4 Å². The van der Waals surface area contributed by atoms with E-state index in [1.54, 1.807) is 17.4 Å². The molecule has 8 nitrogen and oxygen atoms in total. The fraction of sp³-hybridized carbons (Fsp3) is 0.0952. The van der Waals surface area contributed by atoms with Crippen molar-refractivity contribution in [1.82, 2.24) is 14.8 Å². The zero-order chi connectivity index (χ0) is 21.1. The number of hydrogen-bond donors (Lipinski definition) is 1. The van der Waals surface area contributed by atoms with E-state index < -0.39 is 10.8 Å². The molecular weight excluding hydrogens is 402 g/mol. The normalized spacial score (nSPS) is 10.7. The number of para-hydroxylation sites is 1. The maximum atomic E-state index is 13.2. The van der Waals surface area contributed by atoms with Crippen LogP contribution in [0.3, 0.4) is 0 Å². The van der Waals surface area contributed by atoms with Gasteiger partial charge in [0, 0.05) is 16.5 Å². The van der Waals surface area contributed by atoms with Gasteiger partial charge in [-0.15, -0.1) is 16.4 Å². The lowest BCUT2D eigenvalue weighted by Crippen LogP contribution is -2.18. The van der Waals surface area contributed by atoms with Gasteiger partial charge in [-0.2, -0.15) is 9.67 Å². The van der Waals surface area contributed by atoms with Crippen molar-refractivity contribution in [2.75, 3.05) is 5.32 Å². The number of nitrogens with zero attached hydrogens (tertiary/aromatic N) is 4. The first-order valence-electron chi connectivity index (χ1n) is 9.11. The molecule has 0 spiro atoms. The smallest absolute Gasteiger partial charge is 0.288 e. The minimum Gasteiger partial charge on any atom is -0.349 e. The zero-order valence-corrected chi connectivity index (χ0v) is 16.8. The fourth-order valence-corrected chi connectivity index (χ4v) is 3.54.